The highest BCUT2D eigenvalue weighted by Crippen LogP contribution is 2.37. The Kier molecular flexibility index (Phi) is 1.83. The van der Waals surface area contributed by atoms with Crippen molar-refractivity contribution in [2.75, 3.05) is 0 Å². The van der Waals surface area contributed by atoms with Gasteiger partial charge in [-0.15, -0.1) is 0 Å². The molecule has 0 saturated carbocycles. The zero-order valence-electron chi connectivity index (χ0n) is 8.60. The van der Waals surface area contributed by atoms with Crippen molar-refractivity contribution >= 4 is 5.78 Å². The van der Waals surface area contributed by atoms with E-state index in [0.717, 1.165) is 16.7 Å². The molecule has 0 fully saturated rings. The number of carbonyl (C=O) groups excluding carboxylic acids is 1. The zero-order chi connectivity index (χ0) is 11.1. The van der Waals surface area contributed by atoms with Gasteiger partial charge in [0.25, 0.3) is 0 Å². The normalized spacial score (nSPS) is 13.1. The number of phenolic OH excluding ortho intramolecular Hbond substituents is 1. The van der Waals surface area contributed by atoms with Gasteiger partial charge in [0, 0.05) is 6.42 Å². The summed E-state index contributed by atoms with van der Waals surface area (Å²) in [4.78, 5) is 11.9. The van der Waals surface area contributed by atoms with Crippen LogP contribution in [0.1, 0.15) is 15.9 Å². The SMILES string of the molecule is O=C1Cc2ccccc2-c2cccc(O)c21. The molecule has 2 nitrogen and oxygen atoms in total. The molecule has 1 aliphatic carbocycles. The second-order valence-electron chi connectivity index (χ2n) is 3.96. The molecule has 0 bridgehead atoms. The van der Waals surface area contributed by atoms with E-state index < -0.39 is 0 Å². The highest BCUT2D eigenvalue weighted by Gasteiger charge is 2.24. The fourth-order valence-electron chi connectivity index (χ4n) is 2.26. The first kappa shape index (κ1) is 9.16. The molecule has 0 radical (unpaired) electrons. The predicted octanol–water partition coefficient (Wildman–Crippen LogP) is 2.80. The van der Waals surface area contributed by atoms with Crippen LogP contribution in [0.3, 0.4) is 0 Å². The fraction of sp³-hybridized carbons (Fsp3) is 0.0714. The van der Waals surface area contributed by atoms with Gasteiger partial charge >= 0.3 is 0 Å². The largest absolute Gasteiger partial charge is 0.507 e. The molecule has 3 rings (SSSR count). The first-order valence-electron chi connectivity index (χ1n) is 5.21. The van der Waals surface area contributed by atoms with Crippen molar-refractivity contribution in [1.29, 1.82) is 0 Å². The van der Waals surface area contributed by atoms with Crippen molar-refractivity contribution in [3.8, 4) is 16.9 Å². The molecule has 0 unspecified atom stereocenters. The molecule has 0 aliphatic heterocycles. The van der Waals surface area contributed by atoms with Gasteiger partial charge in [-0.2, -0.15) is 0 Å². The Hall–Kier alpha value is -2.09. The third kappa shape index (κ3) is 1.16. The lowest BCUT2D eigenvalue weighted by Gasteiger charge is -2.19. The average Bonchev–Trinajstić information content (AvgIpc) is 2.29. The van der Waals surface area contributed by atoms with E-state index in [-0.39, 0.29) is 11.5 Å². The maximum atomic E-state index is 11.9. The van der Waals surface area contributed by atoms with Crippen LogP contribution in [-0.2, 0) is 6.42 Å². The van der Waals surface area contributed by atoms with Crippen molar-refractivity contribution in [2.45, 2.75) is 6.42 Å². The summed E-state index contributed by atoms with van der Waals surface area (Å²) in [5, 5.41) is 9.73. The molecular formula is C14H10O2. The smallest absolute Gasteiger partial charge is 0.171 e. The summed E-state index contributed by atoms with van der Waals surface area (Å²) < 4.78 is 0. The average molecular weight is 210 g/mol. The monoisotopic (exact) mass is 210 g/mol. The third-order valence-corrected chi connectivity index (χ3v) is 2.98. The number of hydrogen-bond donors (Lipinski definition) is 1. The molecule has 0 spiro atoms. The summed E-state index contributed by atoms with van der Waals surface area (Å²) >= 11 is 0. The molecule has 0 atom stereocenters. The van der Waals surface area contributed by atoms with Crippen LogP contribution < -0.4 is 0 Å². The van der Waals surface area contributed by atoms with E-state index in [4.69, 9.17) is 0 Å². The highest BCUT2D eigenvalue weighted by molar-refractivity contribution is 6.09. The minimum absolute atomic E-state index is 0.00759. The first-order valence-corrected chi connectivity index (χ1v) is 5.21. The van der Waals surface area contributed by atoms with Gasteiger partial charge in [0.1, 0.15) is 5.75 Å². The summed E-state index contributed by atoms with van der Waals surface area (Å²) in [6, 6.07) is 13.0. The Morgan fingerprint density at radius 3 is 2.56 bits per heavy atom. The standard InChI is InChI=1S/C14H10O2/c15-12-7-3-6-11-10-5-2-1-4-9(10)8-13(16)14(11)12/h1-7,15H,8H2. The van der Waals surface area contributed by atoms with Crippen LogP contribution in [0.4, 0.5) is 0 Å². The second-order valence-corrected chi connectivity index (χ2v) is 3.96. The lowest BCUT2D eigenvalue weighted by molar-refractivity contribution is 0.0989. The minimum Gasteiger partial charge on any atom is -0.507 e. The molecule has 0 saturated heterocycles. The van der Waals surface area contributed by atoms with Crippen molar-refractivity contribution in [3.05, 3.63) is 53.6 Å². The van der Waals surface area contributed by atoms with Crippen LogP contribution in [-0.4, -0.2) is 10.9 Å². The Labute approximate surface area is 93.2 Å². The van der Waals surface area contributed by atoms with E-state index in [1.54, 1.807) is 12.1 Å². The maximum absolute atomic E-state index is 11.9. The van der Waals surface area contributed by atoms with Gasteiger partial charge in [0.15, 0.2) is 5.78 Å². The van der Waals surface area contributed by atoms with Crippen LogP contribution >= 0.6 is 0 Å². The van der Waals surface area contributed by atoms with Gasteiger partial charge in [-0.3, -0.25) is 4.79 Å². The van der Waals surface area contributed by atoms with Crippen LogP contribution in [0, 0.1) is 0 Å². The lowest BCUT2D eigenvalue weighted by atomic mass is 9.84. The van der Waals surface area contributed by atoms with Crippen LogP contribution in [0.2, 0.25) is 0 Å². The Morgan fingerprint density at radius 2 is 1.69 bits per heavy atom. The third-order valence-electron chi connectivity index (χ3n) is 2.98. The molecule has 78 valence electrons. The van der Waals surface area contributed by atoms with Crippen molar-refractivity contribution in [2.24, 2.45) is 0 Å². The number of benzene rings is 2. The number of Topliss-reactive ketones (excluding diaryl/α,β-unsaturated/α-hetero) is 1. The van der Waals surface area contributed by atoms with Crippen molar-refractivity contribution < 1.29 is 9.90 Å². The molecule has 0 amide bonds. The summed E-state index contributed by atoms with van der Waals surface area (Å²) in [6.45, 7) is 0. The Morgan fingerprint density at radius 1 is 0.938 bits per heavy atom. The molecule has 2 aromatic rings. The van der Waals surface area contributed by atoms with E-state index >= 15 is 0 Å². The number of fused-ring (bicyclic) bond motifs is 3. The highest BCUT2D eigenvalue weighted by atomic mass is 16.3. The zero-order valence-corrected chi connectivity index (χ0v) is 8.60. The van der Waals surface area contributed by atoms with Crippen molar-refractivity contribution in [3.63, 3.8) is 0 Å². The predicted molar refractivity (Wildman–Crippen MR) is 61.6 cm³/mol. The number of ketones is 1. The summed E-state index contributed by atoms with van der Waals surface area (Å²) in [6.07, 6.45) is 0.376. The Balaban J connectivity index is 2.37. The van der Waals surface area contributed by atoms with Crippen molar-refractivity contribution in [1.82, 2.24) is 0 Å². The van der Waals surface area contributed by atoms with Crippen LogP contribution in [0.25, 0.3) is 11.1 Å². The van der Waals surface area contributed by atoms with E-state index in [0.29, 0.717) is 12.0 Å². The number of phenols is 1. The van der Waals surface area contributed by atoms with Gasteiger partial charge < -0.3 is 5.11 Å². The van der Waals surface area contributed by atoms with Gasteiger partial charge in [-0.1, -0.05) is 36.4 Å². The first-order chi connectivity index (χ1) is 7.77. The van der Waals surface area contributed by atoms with E-state index in [2.05, 4.69) is 0 Å². The van der Waals surface area contributed by atoms with Gasteiger partial charge in [-0.25, -0.2) is 0 Å². The van der Waals surface area contributed by atoms with Gasteiger partial charge in [0.05, 0.1) is 5.56 Å². The van der Waals surface area contributed by atoms with Gasteiger partial charge in [0.2, 0.25) is 0 Å². The molecule has 2 heteroatoms. The number of hydrogen-bond acceptors (Lipinski definition) is 2. The summed E-state index contributed by atoms with van der Waals surface area (Å²) in [5.41, 5.74) is 3.38. The second kappa shape index (κ2) is 3.20. The maximum Gasteiger partial charge on any atom is 0.171 e. The van der Waals surface area contributed by atoms with Gasteiger partial charge in [-0.05, 0) is 22.8 Å². The molecule has 2 aromatic carbocycles. The molecule has 1 aliphatic rings. The minimum atomic E-state index is -0.00759. The molecule has 16 heavy (non-hydrogen) atoms. The number of carbonyl (C=O) groups is 1. The molecule has 0 heterocycles. The lowest BCUT2D eigenvalue weighted by Crippen LogP contribution is -2.12. The molecule has 1 N–H and O–H groups in total. The molecule has 0 aromatic heterocycles. The Bertz CT molecular complexity index is 585. The van der Waals surface area contributed by atoms with E-state index in [1.807, 2.05) is 30.3 Å². The van der Waals surface area contributed by atoms with Crippen LogP contribution in [0.5, 0.6) is 5.75 Å². The van der Waals surface area contributed by atoms with E-state index in [9.17, 15) is 9.90 Å². The topological polar surface area (TPSA) is 37.3 Å². The fourth-order valence-corrected chi connectivity index (χ4v) is 2.26. The van der Waals surface area contributed by atoms with E-state index in [1.165, 1.54) is 0 Å². The number of rotatable bonds is 0. The quantitative estimate of drug-likeness (QED) is 0.726. The summed E-state index contributed by atoms with van der Waals surface area (Å²) in [7, 11) is 0. The van der Waals surface area contributed by atoms with Crippen LogP contribution in [0.15, 0.2) is 42.5 Å². The summed E-state index contributed by atoms with van der Waals surface area (Å²) in [5.74, 6) is 0.0730. The number of aromatic hydroxyl groups is 1. The molecular weight excluding hydrogens is 200 g/mol.